The fourth-order valence-corrected chi connectivity index (χ4v) is 1.89. The summed E-state index contributed by atoms with van der Waals surface area (Å²) in [7, 11) is 0. The summed E-state index contributed by atoms with van der Waals surface area (Å²) in [5.41, 5.74) is 0.670. The molecule has 0 aliphatic rings. The average Bonchev–Trinajstić information content (AvgIpc) is 2.36. The lowest BCUT2D eigenvalue weighted by atomic mass is 9.98. The Morgan fingerprint density at radius 1 is 0.842 bits per heavy atom. The highest BCUT2D eigenvalue weighted by atomic mass is 19.1. The predicted molar refractivity (Wildman–Crippen MR) is 66.3 cm³/mol. The van der Waals surface area contributed by atoms with Crippen molar-refractivity contribution in [1.29, 1.82) is 0 Å². The summed E-state index contributed by atoms with van der Waals surface area (Å²) in [5.74, 6) is -1.69. The van der Waals surface area contributed by atoms with Crippen molar-refractivity contribution in [1.82, 2.24) is 0 Å². The van der Waals surface area contributed by atoms with Gasteiger partial charge in [-0.1, -0.05) is 12.1 Å². The van der Waals surface area contributed by atoms with Crippen LogP contribution in [0.5, 0.6) is 0 Å². The minimum absolute atomic E-state index is 0.158. The van der Waals surface area contributed by atoms with Crippen LogP contribution in [0.15, 0.2) is 30.3 Å². The van der Waals surface area contributed by atoms with E-state index in [9.17, 15) is 18.3 Å². The molecular weight excluding hydrogens is 253 g/mol. The molecular formula is C15H13F3O. The van der Waals surface area contributed by atoms with Gasteiger partial charge < -0.3 is 5.11 Å². The molecule has 1 nitrogen and oxygen atoms in total. The Morgan fingerprint density at radius 2 is 1.47 bits per heavy atom. The minimum atomic E-state index is -1.32. The van der Waals surface area contributed by atoms with Crippen LogP contribution >= 0.6 is 0 Å². The standard InChI is InChI=1S/C15H13F3O/c1-8-5-10(3-4-12(8)16)15(19)11-7-13(17)9(2)6-14(11)18/h3-7,15,19H,1-2H3. The second kappa shape index (κ2) is 5.05. The molecule has 2 rings (SSSR count). The number of aliphatic hydroxyl groups excluding tert-OH is 1. The summed E-state index contributed by atoms with van der Waals surface area (Å²) in [4.78, 5) is 0. The maximum absolute atomic E-state index is 13.7. The highest BCUT2D eigenvalue weighted by molar-refractivity contribution is 5.35. The van der Waals surface area contributed by atoms with Crippen molar-refractivity contribution < 1.29 is 18.3 Å². The third-order valence-electron chi connectivity index (χ3n) is 3.07. The van der Waals surface area contributed by atoms with Crippen molar-refractivity contribution in [2.24, 2.45) is 0 Å². The van der Waals surface area contributed by atoms with Crippen LogP contribution in [0.4, 0.5) is 13.2 Å². The molecule has 0 heterocycles. The maximum atomic E-state index is 13.7. The number of benzene rings is 2. The molecule has 0 aliphatic heterocycles. The summed E-state index contributed by atoms with van der Waals surface area (Å²) < 4.78 is 40.3. The number of hydrogen-bond donors (Lipinski definition) is 1. The molecule has 0 amide bonds. The molecule has 0 aliphatic carbocycles. The Labute approximate surface area is 109 Å². The Hall–Kier alpha value is -1.81. The van der Waals surface area contributed by atoms with Gasteiger partial charge in [0.15, 0.2) is 0 Å². The molecule has 0 saturated carbocycles. The van der Waals surface area contributed by atoms with Gasteiger partial charge in [-0.05, 0) is 48.7 Å². The van der Waals surface area contributed by atoms with Crippen molar-refractivity contribution in [2.45, 2.75) is 20.0 Å². The minimum Gasteiger partial charge on any atom is -0.384 e. The van der Waals surface area contributed by atoms with Gasteiger partial charge in [-0.2, -0.15) is 0 Å². The third-order valence-corrected chi connectivity index (χ3v) is 3.07. The lowest BCUT2D eigenvalue weighted by Gasteiger charge is -2.14. The van der Waals surface area contributed by atoms with Crippen LogP contribution in [0.3, 0.4) is 0 Å². The zero-order valence-electron chi connectivity index (χ0n) is 10.5. The first-order valence-electron chi connectivity index (χ1n) is 5.80. The summed E-state index contributed by atoms with van der Waals surface area (Å²) >= 11 is 0. The smallest absolute Gasteiger partial charge is 0.129 e. The van der Waals surface area contributed by atoms with Gasteiger partial charge in [0, 0.05) is 5.56 Å². The molecule has 2 aromatic carbocycles. The van der Waals surface area contributed by atoms with Crippen LogP contribution in [0, 0.1) is 31.3 Å². The van der Waals surface area contributed by atoms with E-state index in [1.807, 2.05) is 0 Å². The van der Waals surface area contributed by atoms with Gasteiger partial charge in [0.1, 0.15) is 23.6 Å². The Balaban J connectivity index is 2.46. The van der Waals surface area contributed by atoms with Gasteiger partial charge >= 0.3 is 0 Å². The van der Waals surface area contributed by atoms with E-state index in [2.05, 4.69) is 0 Å². The Kier molecular flexibility index (Phi) is 3.62. The lowest BCUT2D eigenvalue weighted by molar-refractivity contribution is 0.214. The highest BCUT2D eigenvalue weighted by Crippen LogP contribution is 2.27. The van der Waals surface area contributed by atoms with E-state index < -0.39 is 23.6 Å². The van der Waals surface area contributed by atoms with Crippen LogP contribution in [0.1, 0.15) is 28.4 Å². The molecule has 0 spiro atoms. The Bertz CT molecular complexity index is 623. The van der Waals surface area contributed by atoms with Crippen LogP contribution < -0.4 is 0 Å². The SMILES string of the molecule is Cc1cc(C(O)c2cc(F)c(C)cc2F)ccc1F. The first kappa shape index (κ1) is 13.6. The Morgan fingerprint density at radius 3 is 2.11 bits per heavy atom. The number of rotatable bonds is 2. The van der Waals surface area contributed by atoms with Gasteiger partial charge in [0.2, 0.25) is 0 Å². The normalized spacial score (nSPS) is 12.5. The number of halogens is 3. The van der Waals surface area contributed by atoms with Crippen LogP contribution in [0.2, 0.25) is 0 Å². The van der Waals surface area contributed by atoms with Crippen molar-refractivity contribution in [2.75, 3.05) is 0 Å². The lowest BCUT2D eigenvalue weighted by Crippen LogP contribution is -2.05. The molecule has 4 heteroatoms. The van der Waals surface area contributed by atoms with Crippen LogP contribution in [-0.2, 0) is 0 Å². The van der Waals surface area contributed by atoms with E-state index in [-0.39, 0.29) is 11.1 Å². The van der Waals surface area contributed by atoms with E-state index >= 15 is 0 Å². The fourth-order valence-electron chi connectivity index (χ4n) is 1.89. The molecule has 100 valence electrons. The fraction of sp³-hybridized carbons (Fsp3) is 0.200. The van der Waals surface area contributed by atoms with E-state index in [1.54, 1.807) is 0 Å². The van der Waals surface area contributed by atoms with E-state index in [0.717, 1.165) is 12.1 Å². The van der Waals surface area contributed by atoms with E-state index in [1.165, 1.54) is 32.0 Å². The molecule has 0 aromatic heterocycles. The molecule has 1 unspecified atom stereocenters. The van der Waals surface area contributed by atoms with Crippen LogP contribution in [0.25, 0.3) is 0 Å². The number of hydrogen-bond acceptors (Lipinski definition) is 1. The summed E-state index contributed by atoms with van der Waals surface area (Å²) in [5, 5.41) is 10.1. The summed E-state index contributed by atoms with van der Waals surface area (Å²) in [6.45, 7) is 2.98. The van der Waals surface area contributed by atoms with Crippen molar-refractivity contribution >= 4 is 0 Å². The summed E-state index contributed by atoms with van der Waals surface area (Å²) in [6.07, 6.45) is -1.32. The van der Waals surface area contributed by atoms with Gasteiger partial charge in [0.25, 0.3) is 0 Å². The monoisotopic (exact) mass is 266 g/mol. The average molecular weight is 266 g/mol. The first-order chi connectivity index (χ1) is 8.90. The zero-order valence-corrected chi connectivity index (χ0v) is 10.5. The first-order valence-corrected chi connectivity index (χ1v) is 5.80. The number of aliphatic hydroxyl groups is 1. The zero-order chi connectivity index (χ0) is 14.2. The maximum Gasteiger partial charge on any atom is 0.129 e. The molecule has 2 aromatic rings. The molecule has 0 fully saturated rings. The van der Waals surface area contributed by atoms with Gasteiger partial charge in [-0.25, -0.2) is 13.2 Å². The predicted octanol–water partition coefficient (Wildman–Crippen LogP) is 3.80. The molecule has 0 radical (unpaired) electrons. The molecule has 1 atom stereocenters. The molecule has 19 heavy (non-hydrogen) atoms. The van der Waals surface area contributed by atoms with Crippen molar-refractivity contribution in [3.05, 3.63) is 70.0 Å². The molecule has 1 N–H and O–H groups in total. The molecule has 0 saturated heterocycles. The van der Waals surface area contributed by atoms with Crippen LogP contribution in [-0.4, -0.2) is 5.11 Å². The third kappa shape index (κ3) is 2.63. The van der Waals surface area contributed by atoms with E-state index in [0.29, 0.717) is 11.1 Å². The second-order valence-corrected chi connectivity index (χ2v) is 4.53. The van der Waals surface area contributed by atoms with E-state index in [4.69, 9.17) is 0 Å². The summed E-state index contributed by atoms with van der Waals surface area (Å²) in [6, 6.07) is 5.95. The number of aryl methyl sites for hydroxylation is 2. The molecule has 0 bridgehead atoms. The largest absolute Gasteiger partial charge is 0.384 e. The second-order valence-electron chi connectivity index (χ2n) is 4.53. The topological polar surface area (TPSA) is 20.2 Å². The van der Waals surface area contributed by atoms with Gasteiger partial charge in [-0.15, -0.1) is 0 Å². The quantitative estimate of drug-likeness (QED) is 0.876. The highest BCUT2D eigenvalue weighted by Gasteiger charge is 2.18. The van der Waals surface area contributed by atoms with Gasteiger partial charge in [-0.3, -0.25) is 0 Å². The van der Waals surface area contributed by atoms with Crippen molar-refractivity contribution in [3.8, 4) is 0 Å². The van der Waals surface area contributed by atoms with Crippen molar-refractivity contribution in [3.63, 3.8) is 0 Å². The van der Waals surface area contributed by atoms with Gasteiger partial charge in [0.05, 0.1) is 0 Å².